The van der Waals surface area contributed by atoms with Crippen LogP contribution in [0.4, 0.5) is 4.39 Å². The lowest BCUT2D eigenvalue weighted by atomic mass is 10.1. The number of hydrogen-bond donors (Lipinski definition) is 0. The molecule has 0 aliphatic heterocycles. The highest BCUT2D eigenvalue weighted by Gasteiger charge is 2.09. The number of carbonyl (C=O) groups excluding carboxylic acids is 1. The number of fused-ring (bicyclic) bond motifs is 1. The molecule has 0 N–H and O–H groups in total. The maximum absolute atomic E-state index is 13.3. The molecule has 2 aromatic rings. The molecule has 0 aliphatic rings. The molecule has 0 bridgehead atoms. The number of rotatable bonds is 2. The van der Waals surface area contributed by atoms with Gasteiger partial charge < -0.3 is 0 Å². The van der Waals surface area contributed by atoms with E-state index < -0.39 is 0 Å². The minimum Gasteiger partial charge on any atom is -0.298 e. The molecule has 0 amide bonds. The topological polar surface area (TPSA) is 17.1 Å². The van der Waals surface area contributed by atoms with Crippen LogP contribution in [0.1, 0.15) is 15.9 Å². The zero-order valence-electron chi connectivity index (χ0n) is 7.09. The molecule has 0 fully saturated rings. The van der Waals surface area contributed by atoms with Gasteiger partial charge in [-0.3, -0.25) is 4.79 Å². The quantitative estimate of drug-likeness (QED) is 0.601. The van der Waals surface area contributed by atoms with Crippen molar-refractivity contribution in [3.8, 4) is 0 Å². The second kappa shape index (κ2) is 3.79. The normalized spacial score (nSPS) is 10.7. The molecule has 0 atom stereocenters. The van der Waals surface area contributed by atoms with Gasteiger partial charge in [0.05, 0.1) is 0 Å². The smallest absolute Gasteiger partial charge is 0.150 e. The Kier molecular flexibility index (Phi) is 2.65. The Labute approximate surface area is 92.7 Å². The largest absolute Gasteiger partial charge is 0.298 e. The van der Waals surface area contributed by atoms with Crippen molar-refractivity contribution in [2.45, 2.75) is 5.33 Å². The average molecular weight is 273 g/mol. The fourth-order valence-electron chi connectivity index (χ4n) is 1.41. The lowest BCUT2D eigenvalue weighted by Gasteiger charge is -2.00. The predicted molar refractivity (Wildman–Crippen MR) is 59.8 cm³/mol. The summed E-state index contributed by atoms with van der Waals surface area (Å²) in [5, 5.41) is 2.64. The van der Waals surface area contributed by atoms with Gasteiger partial charge in [-0.05, 0) is 17.7 Å². The van der Waals surface area contributed by atoms with Crippen molar-refractivity contribution >= 4 is 43.6 Å². The minimum absolute atomic E-state index is 0.211. The van der Waals surface area contributed by atoms with Gasteiger partial charge in [0.15, 0.2) is 0 Å². The first-order valence-electron chi connectivity index (χ1n) is 3.97. The first-order chi connectivity index (χ1) is 6.76. The van der Waals surface area contributed by atoms with E-state index in [1.165, 1.54) is 16.7 Å². The Morgan fingerprint density at radius 1 is 1.50 bits per heavy atom. The number of thiophene rings is 1. The molecular weight excluding hydrogens is 267 g/mol. The second-order valence-corrected chi connectivity index (χ2v) is 4.36. The van der Waals surface area contributed by atoms with Crippen molar-refractivity contribution in [3.05, 3.63) is 34.5 Å². The summed E-state index contributed by atoms with van der Waals surface area (Å²) >= 11 is 4.60. The zero-order valence-corrected chi connectivity index (χ0v) is 9.49. The summed E-state index contributed by atoms with van der Waals surface area (Å²) in [5.41, 5.74) is 1.41. The monoisotopic (exact) mass is 272 g/mol. The van der Waals surface area contributed by atoms with Gasteiger partial charge in [-0.1, -0.05) is 15.9 Å². The van der Waals surface area contributed by atoms with Crippen LogP contribution in [0.3, 0.4) is 0 Å². The van der Waals surface area contributed by atoms with E-state index in [1.54, 1.807) is 12.1 Å². The van der Waals surface area contributed by atoms with Gasteiger partial charge in [0.25, 0.3) is 0 Å². The van der Waals surface area contributed by atoms with Gasteiger partial charge in [0.2, 0.25) is 0 Å². The molecule has 4 heteroatoms. The first kappa shape index (κ1) is 9.80. The van der Waals surface area contributed by atoms with E-state index in [4.69, 9.17) is 0 Å². The van der Waals surface area contributed by atoms with Crippen LogP contribution in [0.25, 0.3) is 10.1 Å². The molecule has 14 heavy (non-hydrogen) atoms. The number of benzene rings is 1. The van der Waals surface area contributed by atoms with E-state index in [0.717, 1.165) is 16.5 Å². The number of aldehydes is 1. The Bertz CT molecular complexity index is 492. The van der Waals surface area contributed by atoms with E-state index in [1.807, 2.05) is 0 Å². The fourth-order valence-corrected chi connectivity index (χ4v) is 2.75. The summed E-state index contributed by atoms with van der Waals surface area (Å²) in [4.78, 5) is 10.6. The summed E-state index contributed by atoms with van der Waals surface area (Å²) in [6.45, 7) is 0. The molecule has 1 heterocycles. The van der Waals surface area contributed by atoms with Crippen molar-refractivity contribution < 1.29 is 9.18 Å². The molecule has 0 saturated carbocycles. The van der Waals surface area contributed by atoms with Gasteiger partial charge >= 0.3 is 0 Å². The summed E-state index contributed by atoms with van der Waals surface area (Å²) in [6, 6.07) is 3.42. The number of hydrogen-bond acceptors (Lipinski definition) is 2. The third kappa shape index (κ3) is 1.48. The number of carbonyl (C=O) groups is 1. The van der Waals surface area contributed by atoms with E-state index in [2.05, 4.69) is 15.9 Å². The summed E-state index contributed by atoms with van der Waals surface area (Å²) < 4.78 is 14.2. The Balaban J connectivity index is 2.82. The van der Waals surface area contributed by atoms with Crippen LogP contribution in [-0.4, -0.2) is 6.29 Å². The van der Waals surface area contributed by atoms with Gasteiger partial charge in [0.1, 0.15) is 12.1 Å². The summed E-state index contributed by atoms with van der Waals surface area (Å²) in [7, 11) is 0. The highest BCUT2D eigenvalue weighted by molar-refractivity contribution is 9.08. The highest BCUT2D eigenvalue weighted by atomic mass is 79.9. The highest BCUT2D eigenvalue weighted by Crippen LogP contribution is 2.30. The maximum atomic E-state index is 13.3. The Hall–Kier alpha value is -0.740. The SMILES string of the molecule is O=Cc1cc(CBr)c2c(F)csc2c1. The van der Waals surface area contributed by atoms with Crippen molar-refractivity contribution in [2.75, 3.05) is 0 Å². The Morgan fingerprint density at radius 3 is 2.93 bits per heavy atom. The van der Waals surface area contributed by atoms with E-state index in [-0.39, 0.29) is 5.82 Å². The third-order valence-electron chi connectivity index (χ3n) is 2.01. The van der Waals surface area contributed by atoms with Crippen LogP contribution < -0.4 is 0 Å². The van der Waals surface area contributed by atoms with Crippen LogP contribution in [0.5, 0.6) is 0 Å². The molecular formula is C10H6BrFOS. The lowest BCUT2D eigenvalue weighted by molar-refractivity contribution is 0.112. The summed E-state index contributed by atoms with van der Waals surface area (Å²) in [5.74, 6) is -0.211. The zero-order chi connectivity index (χ0) is 10.1. The molecule has 0 aliphatic carbocycles. The standard InChI is InChI=1S/C10H6BrFOS/c11-3-7-1-6(4-13)2-9-10(7)8(12)5-14-9/h1-2,4-5H,3H2. The minimum atomic E-state index is -0.211. The van der Waals surface area contributed by atoms with Crippen molar-refractivity contribution in [2.24, 2.45) is 0 Å². The van der Waals surface area contributed by atoms with Crippen molar-refractivity contribution in [3.63, 3.8) is 0 Å². The lowest BCUT2D eigenvalue weighted by Crippen LogP contribution is -1.86. The van der Waals surface area contributed by atoms with Crippen LogP contribution in [0, 0.1) is 5.82 Å². The van der Waals surface area contributed by atoms with Gasteiger partial charge in [-0.2, -0.15) is 0 Å². The van der Waals surface area contributed by atoms with Gasteiger partial charge in [-0.25, -0.2) is 4.39 Å². The van der Waals surface area contributed by atoms with Crippen LogP contribution in [-0.2, 0) is 5.33 Å². The molecule has 0 saturated heterocycles. The van der Waals surface area contributed by atoms with Gasteiger partial charge in [-0.15, -0.1) is 11.3 Å². The average Bonchev–Trinajstić information content (AvgIpc) is 2.59. The molecule has 0 unspecified atom stereocenters. The molecule has 1 aromatic heterocycles. The second-order valence-electron chi connectivity index (χ2n) is 2.89. The summed E-state index contributed by atoms with van der Waals surface area (Å²) in [6.07, 6.45) is 0.781. The fraction of sp³-hybridized carbons (Fsp3) is 0.100. The molecule has 1 aromatic carbocycles. The molecule has 0 spiro atoms. The van der Waals surface area contributed by atoms with E-state index in [9.17, 15) is 9.18 Å². The van der Waals surface area contributed by atoms with Crippen LogP contribution >= 0.6 is 27.3 Å². The molecule has 72 valence electrons. The van der Waals surface area contributed by atoms with E-state index >= 15 is 0 Å². The molecule has 0 radical (unpaired) electrons. The van der Waals surface area contributed by atoms with Crippen LogP contribution in [0.2, 0.25) is 0 Å². The van der Waals surface area contributed by atoms with Crippen LogP contribution in [0.15, 0.2) is 17.5 Å². The molecule has 1 nitrogen and oxygen atoms in total. The van der Waals surface area contributed by atoms with E-state index in [0.29, 0.717) is 16.3 Å². The number of alkyl halides is 1. The predicted octanol–water partition coefficient (Wildman–Crippen LogP) is 3.75. The Morgan fingerprint density at radius 2 is 2.29 bits per heavy atom. The number of halogens is 2. The first-order valence-corrected chi connectivity index (χ1v) is 5.97. The van der Waals surface area contributed by atoms with Crippen molar-refractivity contribution in [1.29, 1.82) is 0 Å². The van der Waals surface area contributed by atoms with Crippen molar-refractivity contribution in [1.82, 2.24) is 0 Å². The maximum Gasteiger partial charge on any atom is 0.150 e. The molecule has 2 rings (SSSR count). The van der Waals surface area contributed by atoms with Gasteiger partial charge in [0, 0.05) is 26.4 Å². The third-order valence-corrected chi connectivity index (χ3v) is 3.52.